The van der Waals surface area contributed by atoms with Crippen LogP contribution in [0.1, 0.15) is 44.0 Å². The first kappa shape index (κ1) is 13.7. The summed E-state index contributed by atoms with van der Waals surface area (Å²) in [5.74, 6) is 0.583. The van der Waals surface area contributed by atoms with Gasteiger partial charge in [-0.2, -0.15) is 5.10 Å². The maximum absolute atomic E-state index is 6.07. The first-order chi connectivity index (χ1) is 8.86. The van der Waals surface area contributed by atoms with Crippen molar-refractivity contribution < 1.29 is 0 Å². The molecule has 0 atom stereocenters. The number of aryl methyl sites for hydroxylation is 2. The molecular formula is C16H23N3. The van der Waals surface area contributed by atoms with Gasteiger partial charge in [-0.1, -0.05) is 39.0 Å². The Morgan fingerprint density at radius 3 is 2.47 bits per heavy atom. The number of H-pyrrole nitrogens is 1. The van der Waals surface area contributed by atoms with E-state index in [4.69, 9.17) is 5.73 Å². The van der Waals surface area contributed by atoms with E-state index in [-0.39, 0.29) is 5.41 Å². The van der Waals surface area contributed by atoms with Gasteiger partial charge in [-0.05, 0) is 37.0 Å². The number of rotatable bonds is 3. The lowest BCUT2D eigenvalue weighted by atomic mass is 9.82. The van der Waals surface area contributed by atoms with Gasteiger partial charge in [0.2, 0.25) is 0 Å². The van der Waals surface area contributed by atoms with Gasteiger partial charge >= 0.3 is 0 Å². The van der Waals surface area contributed by atoms with Gasteiger partial charge in [0.15, 0.2) is 5.82 Å². The Hall–Kier alpha value is -1.77. The van der Waals surface area contributed by atoms with Crippen molar-refractivity contribution in [3.63, 3.8) is 0 Å². The van der Waals surface area contributed by atoms with Crippen LogP contribution in [0.4, 0.5) is 5.82 Å². The second kappa shape index (κ2) is 4.72. The summed E-state index contributed by atoms with van der Waals surface area (Å²) < 4.78 is 0. The van der Waals surface area contributed by atoms with Crippen LogP contribution in [0.25, 0.3) is 11.1 Å². The maximum Gasteiger partial charge on any atom is 0.153 e. The number of nitrogen functional groups attached to an aromatic ring is 1. The largest absolute Gasteiger partial charge is 0.382 e. The summed E-state index contributed by atoms with van der Waals surface area (Å²) in [5.41, 5.74) is 12.0. The maximum atomic E-state index is 6.07. The number of nitrogens with two attached hydrogens (primary N) is 1. The van der Waals surface area contributed by atoms with E-state index in [0.717, 1.165) is 23.2 Å². The fourth-order valence-corrected chi connectivity index (χ4v) is 2.21. The Morgan fingerprint density at radius 1 is 1.21 bits per heavy atom. The van der Waals surface area contributed by atoms with Crippen molar-refractivity contribution in [2.45, 2.75) is 46.5 Å². The standard InChI is InChI=1S/C16H23N3/c1-6-16(4,5)14-13(15(17)19-18-14)12-8-7-10(2)11(3)9-12/h7-9H,6H2,1-5H3,(H3,17,18,19). The molecule has 0 spiro atoms. The van der Waals surface area contributed by atoms with E-state index < -0.39 is 0 Å². The number of anilines is 1. The molecule has 3 nitrogen and oxygen atoms in total. The Bertz CT molecular complexity index is 594. The fourth-order valence-electron chi connectivity index (χ4n) is 2.21. The number of aromatic nitrogens is 2. The van der Waals surface area contributed by atoms with E-state index in [1.54, 1.807) is 0 Å². The molecule has 0 saturated carbocycles. The summed E-state index contributed by atoms with van der Waals surface area (Å²) in [7, 11) is 0. The third-order valence-electron chi connectivity index (χ3n) is 4.15. The highest BCUT2D eigenvalue weighted by atomic mass is 15.2. The predicted molar refractivity (Wildman–Crippen MR) is 81.2 cm³/mol. The normalized spacial score (nSPS) is 11.8. The Kier molecular flexibility index (Phi) is 3.40. The number of aromatic amines is 1. The van der Waals surface area contributed by atoms with E-state index in [0.29, 0.717) is 5.82 Å². The molecule has 0 aliphatic heterocycles. The molecule has 2 rings (SSSR count). The molecule has 102 valence electrons. The number of nitrogens with zero attached hydrogens (tertiary/aromatic N) is 1. The second-order valence-electron chi connectivity index (χ2n) is 5.90. The first-order valence-electron chi connectivity index (χ1n) is 6.78. The molecule has 19 heavy (non-hydrogen) atoms. The summed E-state index contributed by atoms with van der Waals surface area (Å²) in [4.78, 5) is 0. The molecule has 2 aromatic rings. The summed E-state index contributed by atoms with van der Waals surface area (Å²) >= 11 is 0. The van der Waals surface area contributed by atoms with Crippen LogP contribution in [0.15, 0.2) is 18.2 Å². The highest BCUT2D eigenvalue weighted by molar-refractivity contribution is 5.77. The van der Waals surface area contributed by atoms with E-state index in [1.807, 2.05) is 0 Å². The Balaban J connectivity index is 2.62. The Morgan fingerprint density at radius 2 is 1.89 bits per heavy atom. The Labute approximate surface area is 115 Å². The number of hydrogen-bond acceptors (Lipinski definition) is 2. The van der Waals surface area contributed by atoms with Gasteiger partial charge in [0.25, 0.3) is 0 Å². The van der Waals surface area contributed by atoms with Crippen molar-refractivity contribution in [3.05, 3.63) is 35.0 Å². The van der Waals surface area contributed by atoms with Gasteiger partial charge in [0.05, 0.1) is 5.69 Å². The number of benzene rings is 1. The predicted octanol–water partition coefficient (Wildman–Crippen LogP) is 3.96. The zero-order valence-corrected chi connectivity index (χ0v) is 12.5. The van der Waals surface area contributed by atoms with Gasteiger partial charge in [-0.15, -0.1) is 0 Å². The molecule has 0 fully saturated rings. The minimum absolute atomic E-state index is 0.0404. The molecule has 0 radical (unpaired) electrons. The van der Waals surface area contributed by atoms with Crippen LogP contribution < -0.4 is 5.73 Å². The van der Waals surface area contributed by atoms with Crippen molar-refractivity contribution in [2.24, 2.45) is 0 Å². The second-order valence-corrected chi connectivity index (χ2v) is 5.90. The summed E-state index contributed by atoms with van der Waals surface area (Å²) in [6.45, 7) is 10.9. The number of nitrogens with one attached hydrogen (secondary N) is 1. The van der Waals surface area contributed by atoms with Crippen molar-refractivity contribution in [1.29, 1.82) is 0 Å². The first-order valence-corrected chi connectivity index (χ1v) is 6.78. The molecule has 0 aliphatic carbocycles. The molecular weight excluding hydrogens is 234 g/mol. The topological polar surface area (TPSA) is 54.7 Å². The fraction of sp³-hybridized carbons (Fsp3) is 0.438. The van der Waals surface area contributed by atoms with E-state index >= 15 is 0 Å². The molecule has 1 aromatic carbocycles. The zero-order valence-electron chi connectivity index (χ0n) is 12.5. The molecule has 0 aliphatic rings. The number of hydrogen-bond donors (Lipinski definition) is 2. The van der Waals surface area contributed by atoms with Crippen molar-refractivity contribution in [2.75, 3.05) is 5.73 Å². The van der Waals surface area contributed by atoms with E-state index in [9.17, 15) is 0 Å². The summed E-state index contributed by atoms with van der Waals surface area (Å²) in [6, 6.07) is 6.45. The van der Waals surface area contributed by atoms with Gasteiger partial charge in [0, 0.05) is 11.0 Å². The van der Waals surface area contributed by atoms with Crippen LogP contribution in [0.2, 0.25) is 0 Å². The molecule has 1 heterocycles. The van der Waals surface area contributed by atoms with Gasteiger partial charge < -0.3 is 5.73 Å². The summed E-state index contributed by atoms with van der Waals surface area (Å²) in [5, 5.41) is 7.33. The lowest BCUT2D eigenvalue weighted by molar-refractivity contribution is 0.490. The molecule has 3 heteroatoms. The van der Waals surface area contributed by atoms with E-state index in [1.165, 1.54) is 11.1 Å². The minimum Gasteiger partial charge on any atom is -0.382 e. The van der Waals surface area contributed by atoms with Crippen LogP contribution in [0.3, 0.4) is 0 Å². The van der Waals surface area contributed by atoms with Crippen LogP contribution in [-0.2, 0) is 5.41 Å². The highest BCUT2D eigenvalue weighted by Crippen LogP contribution is 2.37. The van der Waals surface area contributed by atoms with E-state index in [2.05, 4.69) is 63.0 Å². The molecule has 0 saturated heterocycles. The molecule has 0 amide bonds. The van der Waals surface area contributed by atoms with Gasteiger partial charge in [0.1, 0.15) is 0 Å². The molecule has 0 bridgehead atoms. The summed E-state index contributed by atoms with van der Waals surface area (Å²) in [6.07, 6.45) is 1.03. The van der Waals surface area contributed by atoms with Crippen molar-refractivity contribution in [3.8, 4) is 11.1 Å². The minimum atomic E-state index is 0.0404. The quantitative estimate of drug-likeness (QED) is 0.874. The monoisotopic (exact) mass is 257 g/mol. The lowest BCUT2D eigenvalue weighted by Gasteiger charge is -2.23. The van der Waals surface area contributed by atoms with Crippen molar-refractivity contribution in [1.82, 2.24) is 10.2 Å². The zero-order chi connectivity index (χ0) is 14.2. The average Bonchev–Trinajstić information content (AvgIpc) is 2.75. The molecule has 1 aromatic heterocycles. The van der Waals surface area contributed by atoms with Gasteiger partial charge in [-0.25, -0.2) is 0 Å². The molecule has 0 unspecified atom stereocenters. The highest BCUT2D eigenvalue weighted by Gasteiger charge is 2.26. The third-order valence-corrected chi connectivity index (χ3v) is 4.15. The van der Waals surface area contributed by atoms with Crippen LogP contribution in [0, 0.1) is 13.8 Å². The van der Waals surface area contributed by atoms with Gasteiger partial charge in [-0.3, -0.25) is 5.10 Å². The SMILES string of the molecule is CCC(C)(C)c1[nH]nc(N)c1-c1ccc(C)c(C)c1. The van der Waals surface area contributed by atoms with Crippen LogP contribution >= 0.6 is 0 Å². The van der Waals surface area contributed by atoms with Crippen LogP contribution in [0.5, 0.6) is 0 Å². The lowest BCUT2D eigenvalue weighted by Crippen LogP contribution is -2.17. The molecule has 3 N–H and O–H groups in total. The average molecular weight is 257 g/mol. The van der Waals surface area contributed by atoms with Crippen LogP contribution in [-0.4, -0.2) is 10.2 Å². The van der Waals surface area contributed by atoms with Crippen molar-refractivity contribution >= 4 is 5.82 Å². The smallest absolute Gasteiger partial charge is 0.153 e. The third kappa shape index (κ3) is 2.37.